The molecule has 0 bridgehead atoms. The van der Waals surface area contributed by atoms with Crippen LogP contribution in [-0.2, 0) is 9.59 Å². The summed E-state index contributed by atoms with van der Waals surface area (Å²) in [5, 5.41) is 55.6. The van der Waals surface area contributed by atoms with Crippen molar-refractivity contribution in [3.05, 3.63) is 150 Å². The number of carboxylic acids is 1. The Morgan fingerprint density at radius 1 is 0.578 bits per heavy atom. The number of ether oxygens (including phenoxy) is 1. The summed E-state index contributed by atoms with van der Waals surface area (Å²) in [4.78, 5) is 35.6. The zero-order valence-electron chi connectivity index (χ0n) is 35.6. The summed E-state index contributed by atoms with van der Waals surface area (Å²) < 4.78 is 5.83. The predicted molar refractivity (Wildman–Crippen MR) is 248 cm³/mol. The molecule has 0 aliphatic carbocycles. The molecule has 4 N–H and O–H groups in total. The Hall–Kier alpha value is -8.13. The number of amides is 2. The van der Waals surface area contributed by atoms with Crippen molar-refractivity contribution < 1.29 is 29.3 Å². The van der Waals surface area contributed by atoms with E-state index in [1.807, 2.05) is 88.4 Å². The zero-order valence-corrected chi connectivity index (χ0v) is 35.6. The van der Waals surface area contributed by atoms with Crippen molar-refractivity contribution in [1.29, 1.82) is 0 Å². The standard InChI is InChI=1S/C50H44N8O6/c1-6-22-64-46-9-7-8-33-10-16-38(28-40(33)46)53-55-42-23-30(3)44(24-29(42)2)57-58-45-26-31(4)43(25-32(45)5)56-54-41-19-13-35-27-37(17-18-39(35)49(41)62)52-50(63)34-11-14-36(15-12-34)51-47(59)20-21-48(60)61/h1,7-19,23-28,62H,6,20-22H2,2-5H3,(H,51,59)(H,52,63)(H,60,61). The number of hydrogen-bond donors (Lipinski definition) is 4. The number of fused-ring (bicyclic) bond motifs is 2. The fourth-order valence-corrected chi connectivity index (χ4v) is 6.73. The highest BCUT2D eigenvalue weighted by Crippen LogP contribution is 2.39. The minimum atomic E-state index is -1.06. The van der Waals surface area contributed by atoms with Crippen LogP contribution in [0.15, 0.2) is 146 Å². The number of nitrogens with one attached hydrogen (secondary N) is 2. The Balaban J connectivity index is 0.992. The molecule has 0 saturated carbocycles. The van der Waals surface area contributed by atoms with E-state index in [2.05, 4.69) is 41.3 Å². The molecular formula is C50H44N8O6. The molecular weight excluding hydrogens is 809 g/mol. The molecule has 0 heterocycles. The average molecular weight is 853 g/mol. The molecule has 0 aliphatic heterocycles. The normalized spacial score (nSPS) is 11.6. The molecule has 0 aliphatic rings. The molecule has 2 radical (unpaired) electrons. The number of aryl methyl sites for hydroxylation is 4. The van der Waals surface area contributed by atoms with Gasteiger partial charge < -0.3 is 25.6 Å². The SMILES string of the molecule is [CH]CCOc1cccc2ccc(N=Nc3cc(C)c(N=Nc4cc(C)c(N=Nc5ccc6cc(NC(=O)c7ccc(NC(=O)CCC(=O)O)cc7)ccc6c5O)cc4C)cc3C)cc12. The Morgan fingerprint density at radius 2 is 1.16 bits per heavy atom. The second kappa shape index (κ2) is 19.7. The number of aromatic hydroxyl groups is 1. The average Bonchev–Trinajstić information content (AvgIpc) is 3.28. The summed E-state index contributed by atoms with van der Waals surface area (Å²) in [7, 11) is 0. The van der Waals surface area contributed by atoms with Gasteiger partial charge in [-0.15, -0.1) is 5.11 Å². The number of nitrogens with zero attached hydrogens (tertiary/aromatic N) is 6. The maximum atomic E-state index is 13.0. The van der Waals surface area contributed by atoms with Crippen molar-refractivity contribution in [2.45, 2.75) is 47.0 Å². The van der Waals surface area contributed by atoms with Gasteiger partial charge in [0.25, 0.3) is 5.91 Å². The third kappa shape index (κ3) is 10.7. The summed E-state index contributed by atoms with van der Waals surface area (Å²) in [6.07, 6.45) is -0.00170. The molecule has 14 heteroatoms. The molecule has 0 aromatic heterocycles. The molecule has 0 spiro atoms. The molecule has 7 aromatic rings. The lowest BCUT2D eigenvalue weighted by atomic mass is 10.1. The Bertz CT molecular complexity index is 3020. The largest absolute Gasteiger partial charge is 0.505 e. The van der Waals surface area contributed by atoms with Crippen LogP contribution < -0.4 is 15.4 Å². The number of carboxylic acid groups (broad SMARTS) is 1. The van der Waals surface area contributed by atoms with Gasteiger partial charge in [-0.05, 0) is 165 Å². The van der Waals surface area contributed by atoms with E-state index in [9.17, 15) is 19.5 Å². The monoisotopic (exact) mass is 852 g/mol. The van der Waals surface area contributed by atoms with Crippen molar-refractivity contribution in [1.82, 2.24) is 0 Å². The highest BCUT2D eigenvalue weighted by molar-refractivity contribution is 6.06. The lowest BCUT2D eigenvalue weighted by molar-refractivity contribution is -0.138. The number of aliphatic carboxylic acids is 1. The van der Waals surface area contributed by atoms with Gasteiger partial charge in [0.05, 0.1) is 41.5 Å². The summed E-state index contributed by atoms with van der Waals surface area (Å²) >= 11 is 0. The molecule has 14 nitrogen and oxygen atoms in total. The Morgan fingerprint density at radius 3 is 1.77 bits per heavy atom. The first-order valence-corrected chi connectivity index (χ1v) is 20.4. The van der Waals surface area contributed by atoms with E-state index >= 15 is 0 Å². The number of carbonyl (C=O) groups is 3. The summed E-state index contributed by atoms with van der Waals surface area (Å²) in [5.74, 6) is -1.18. The van der Waals surface area contributed by atoms with E-state index in [0.717, 1.165) is 44.5 Å². The van der Waals surface area contributed by atoms with Crippen molar-refractivity contribution >= 4 is 84.8 Å². The number of rotatable bonds is 15. The molecule has 7 rings (SSSR count). The maximum Gasteiger partial charge on any atom is 0.303 e. The fraction of sp³-hybridized carbons (Fsp3) is 0.160. The molecule has 0 fully saturated rings. The topological polar surface area (TPSA) is 199 Å². The highest BCUT2D eigenvalue weighted by Gasteiger charge is 2.13. The summed E-state index contributed by atoms with van der Waals surface area (Å²) in [6.45, 7) is 13.8. The Labute approximate surface area is 369 Å². The van der Waals surface area contributed by atoms with Crippen molar-refractivity contribution in [2.75, 3.05) is 17.2 Å². The van der Waals surface area contributed by atoms with E-state index in [1.165, 1.54) is 0 Å². The first kappa shape index (κ1) is 43.9. The van der Waals surface area contributed by atoms with Crippen LogP contribution in [0.2, 0.25) is 0 Å². The van der Waals surface area contributed by atoms with E-state index < -0.39 is 11.9 Å². The molecule has 320 valence electrons. The van der Waals surface area contributed by atoms with Gasteiger partial charge >= 0.3 is 5.97 Å². The molecule has 2 amide bonds. The number of phenols is 1. The molecule has 0 saturated heterocycles. The van der Waals surface area contributed by atoms with Crippen LogP contribution in [-0.4, -0.2) is 34.6 Å². The lowest BCUT2D eigenvalue weighted by Gasteiger charge is -2.10. The third-order valence-electron chi connectivity index (χ3n) is 10.3. The van der Waals surface area contributed by atoms with Crippen LogP contribution in [0.1, 0.15) is 51.9 Å². The zero-order chi connectivity index (χ0) is 45.3. The quantitative estimate of drug-likeness (QED) is 0.0739. The second-order valence-electron chi connectivity index (χ2n) is 15.1. The smallest absolute Gasteiger partial charge is 0.303 e. The van der Waals surface area contributed by atoms with Crippen LogP contribution in [0.25, 0.3) is 21.5 Å². The van der Waals surface area contributed by atoms with Gasteiger partial charge in [-0.2, -0.15) is 25.6 Å². The van der Waals surface area contributed by atoms with Gasteiger partial charge in [-0.1, -0.05) is 24.3 Å². The van der Waals surface area contributed by atoms with Crippen molar-refractivity contribution in [2.24, 2.45) is 30.7 Å². The number of anilines is 2. The third-order valence-corrected chi connectivity index (χ3v) is 10.3. The minimum Gasteiger partial charge on any atom is -0.505 e. The first-order chi connectivity index (χ1) is 30.8. The number of phenolic OH excluding ortho intramolecular Hbond substituents is 1. The fourth-order valence-electron chi connectivity index (χ4n) is 6.73. The van der Waals surface area contributed by atoms with Gasteiger partial charge in [0.2, 0.25) is 5.91 Å². The molecule has 64 heavy (non-hydrogen) atoms. The predicted octanol–water partition coefficient (Wildman–Crippen LogP) is 13.7. The number of benzene rings is 7. The second-order valence-corrected chi connectivity index (χ2v) is 15.1. The van der Waals surface area contributed by atoms with Crippen LogP contribution in [0.4, 0.5) is 45.5 Å². The highest BCUT2D eigenvalue weighted by atomic mass is 16.5. The van der Waals surface area contributed by atoms with Crippen LogP contribution in [0.5, 0.6) is 11.5 Å². The van der Waals surface area contributed by atoms with Crippen LogP contribution in [0, 0.1) is 34.6 Å². The van der Waals surface area contributed by atoms with Gasteiger partial charge in [0.15, 0.2) is 5.75 Å². The van der Waals surface area contributed by atoms with Crippen LogP contribution >= 0.6 is 0 Å². The van der Waals surface area contributed by atoms with Gasteiger partial charge in [-0.25, -0.2) is 0 Å². The van der Waals surface area contributed by atoms with Crippen LogP contribution in [0.3, 0.4) is 0 Å². The Kier molecular flexibility index (Phi) is 13.5. The maximum absolute atomic E-state index is 13.0. The van der Waals surface area contributed by atoms with E-state index in [1.54, 1.807) is 54.6 Å². The van der Waals surface area contributed by atoms with Gasteiger partial charge in [-0.3, -0.25) is 14.4 Å². The molecule has 7 aromatic carbocycles. The minimum absolute atomic E-state index is 0.0606. The lowest BCUT2D eigenvalue weighted by Crippen LogP contribution is -2.14. The van der Waals surface area contributed by atoms with Gasteiger partial charge in [0.1, 0.15) is 11.4 Å². The van der Waals surface area contributed by atoms with E-state index in [-0.39, 0.29) is 30.2 Å². The van der Waals surface area contributed by atoms with Crippen molar-refractivity contribution in [3.8, 4) is 11.5 Å². The first-order valence-electron chi connectivity index (χ1n) is 20.4. The van der Waals surface area contributed by atoms with Crippen molar-refractivity contribution in [3.63, 3.8) is 0 Å². The summed E-state index contributed by atoms with van der Waals surface area (Å²) in [5.41, 5.74) is 8.41. The summed E-state index contributed by atoms with van der Waals surface area (Å²) in [6, 6.07) is 34.1. The van der Waals surface area contributed by atoms with Gasteiger partial charge in [0, 0.05) is 34.1 Å². The number of carbonyl (C=O) groups excluding carboxylic acids is 2. The molecule has 0 unspecified atom stereocenters. The molecule has 0 atom stereocenters. The number of hydrogen-bond acceptors (Lipinski definition) is 11. The van der Waals surface area contributed by atoms with E-state index in [0.29, 0.717) is 63.5 Å². The number of azo groups is 3. The van der Waals surface area contributed by atoms with E-state index in [4.69, 9.17) is 16.8 Å².